The summed E-state index contributed by atoms with van der Waals surface area (Å²) in [5, 5.41) is 2.98. The zero-order valence-electron chi connectivity index (χ0n) is 15.3. The zero-order chi connectivity index (χ0) is 18.5. The normalized spacial score (nSPS) is 13.2. The van der Waals surface area contributed by atoms with E-state index in [2.05, 4.69) is 5.32 Å². The van der Waals surface area contributed by atoms with E-state index in [0.29, 0.717) is 6.54 Å². The first-order valence-electron chi connectivity index (χ1n) is 7.98. The van der Waals surface area contributed by atoms with Crippen molar-refractivity contribution in [3.63, 3.8) is 0 Å². The van der Waals surface area contributed by atoms with Crippen molar-refractivity contribution < 1.29 is 17.4 Å². The predicted octanol–water partition coefficient (Wildman–Crippen LogP) is 3.13. The highest BCUT2D eigenvalue weighted by atomic mass is 32.2. The standard InChI is InChI=1S/C17H28N2O4S/c1-7-13(2)19(16(20)18-17(3,4)5)12-14-8-10-15(11-9-14)23-24(6,21)22/h8-11,13H,7,12H2,1-6H3,(H,18,20)/t13-/m0/s1. The first kappa shape index (κ1) is 20.3. The molecule has 24 heavy (non-hydrogen) atoms. The molecule has 0 heterocycles. The average Bonchev–Trinajstić information content (AvgIpc) is 2.42. The van der Waals surface area contributed by atoms with E-state index in [0.717, 1.165) is 18.2 Å². The summed E-state index contributed by atoms with van der Waals surface area (Å²) in [4.78, 5) is 14.3. The maximum Gasteiger partial charge on any atom is 0.318 e. The van der Waals surface area contributed by atoms with Crippen LogP contribution >= 0.6 is 0 Å². The molecule has 6 nitrogen and oxygen atoms in total. The zero-order valence-corrected chi connectivity index (χ0v) is 16.1. The van der Waals surface area contributed by atoms with Crippen LogP contribution in [0.5, 0.6) is 5.75 Å². The molecule has 1 atom stereocenters. The van der Waals surface area contributed by atoms with E-state index in [9.17, 15) is 13.2 Å². The molecule has 2 amide bonds. The Balaban J connectivity index is 2.89. The van der Waals surface area contributed by atoms with Crippen molar-refractivity contribution in [2.45, 2.75) is 59.2 Å². The van der Waals surface area contributed by atoms with Gasteiger partial charge in [0.15, 0.2) is 0 Å². The van der Waals surface area contributed by atoms with Gasteiger partial charge in [0.1, 0.15) is 5.75 Å². The van der Waals surface area contributed by atoms with Gasteiger partial charge in [0.2, 0.25) is 0 Å². The minimum atomic E-state index is -3.54. The molecule has 7 heteroatoms. The van der Waals surface area contributed by atoms with Crippen LogP contribution in [0.25, 0.3) is 0 Å². The monoisotopic (exact) mass is 356 g/mol. The molecule has 0 saturated carbocycles. The second kappa shape index (κ2) is 7.88. The molecule has 0 saturated heterocycles. The van der Waals surface area contributed by atoms with Gasteiger partial charge in [-0.1, -0.05) is 19.1 Å². The average molecular weight is 356 g/mol. The van der Waals surface area contributed by atoms with Gasteiger partial charge in [0, 0.05) is 18.1 Å². The molecule has 1 aromatic rings. The molecular weight excluding hydrogens is 328 g/mol. The number of urea groups is 1. The van der Waals surface area contributed by atoms with Crippen LogP contribution in [-0.4, -0.2) is 37.2 Å². The summed E-state index contributed by atoms with van der Waals surface area (Å²) in [5.74, 6) is 0.260. The summed E-state index contributed by atoms with van der Waals surface area (Å²) < 4.78 is 27.1. The van der Waals surface area contributed by atoms with Crippen molar-refractivity contribution in [2.75, 3.05) is 6.26 Å². The van der Waals surface area contributed by atoms with Crippen LogP contribution in [0.15, 0.2) is 24.3 Å². The number of nitrogens with one attached hydrogen (secondary N) is 1. The topological polar surface area (TPSA) is 75.7 Å². The van der Waals surface area contributed by atoms with Gasteiger partial charge in [-0.25, -0.2) is 4.79 Å². The summed E-state index contributed by atoms with van der Waals surface area (Å²) in [5.41, 5.74) is 0.593. The first-order valence-corrected chi connectivity index (χ1v) is 9.80. The molecule has 0 aliphatic heterocycles. The lowest BCUT2D eigenvalue weighted by atomic mass is 10.1. The highest BCUT2D eigenvalue weighted by Gasteiger charge is 2.23. The van der Waals surface area contributed by atoms with Gasteiger partial charge in [-0.05, 0) is 51.8 Å². The Hall–Kier alpha value is -1.76. The molecular formula is C17H28N2O4S. The SMILES string of the molecule is CC[C@H](C)N(Cc1ccc(OS(C)(=O)=O)cc1)C(=O)NC(C)(C)C. The molecule has 0 aliphatic carbocycles. The van der Waals surface area contributed by atoms with Gasteiger partial charge in [0.25, 0.3) is 0 Å². The Bertz CT molecular complexity index is 648. The maximum atomic E-state index is 12.5. The van der Waals surface area contributed by atoms with E-state index in [1.165, 1.54) is 0 Å². The Labute approximate surface area is 145 Å². The van der Waals surface area contributed by atoms with E-state index in [1.807, 2.05) is 34.6 Å². The lowest BCUT2D eigenvalue weighted by Crippen LogP contribution is -2.50. The van der Waals surface area contributed by atoms with Crippen molar-refractivity contribution in [3.8, 4) is 5.75 Å². The number of hydrogen-bond donors (Lipinski definition) is 1. The van der Waals surface area contributed by atoms with E-state index in [1.54, 1.807) is 29.2 Å². The first-order chi connectivity index (χ1) is 10.9. The van der Waals surface area contributed by atoms with Crippen LogP contribution in [0.3, 0.4) is 0 Å². The summed E-state index contributed by atoms with van der Waals surface area (Å²) in [7, 11) is -3.54. The summed E-state index contributed by atoms with van der Waals surface area (Å²) >= 11 is 0. The molecule has 0 bridgehead atoms. The number of benzene rings is 1. The molecule has 0 aliphatic rings. The van der Waals surface area contributed by atoms with Crippen LogP contribution in [-0.2, 0) is 16.7 Å². The highest BCUT2D eigenvalue weighted by molar-refractivity contribution is 7.86. The van der Waals surface area contributed by atoms with Crippen LogP contribution < -0.4 is 9.50 Å². The quantitative estimate of drug-likeness (QED) is 0.795. The van der Waals surface area contributed by atoms with E-state index >= 15 is 0 Å². The Morgan fingerprint density at radius 3 is 2.21 bits per heavy atom. The molecule has 1 aromatic carbocycles. The number of hydrogen-bond acceptors (Lipinski definition) is 4. The van der Waals surface area contributed by atoms with Gasteiger partial charge >= 0.3 is 16.1 Å². The fourth-order valence-electron chi connectivity index (χ4n) is 2.06. The van der Waals surface area contributed by atoms with Crippen LogP contribution in [0, 0.1) is 0 Å². The van der Waals surface area contributed by atoms with Crippen molar-refractivity contribution in [1.82, 2.24) is 10.2 Å². The fourth-order valence-corrected chi connectivity index (χ4v) is 2.52. The summed E-state index contributed by atoms with van der Waals surface area (Å²) in [6.45, 7) is 10.3. The number of amides is 2. The summed E-state index contributed by atoms with van der Waals surface area (Å²) in [6, 6.07) is 6.67. The number of carbonyl (C=O) groups excluding carboxylic acids is 1. The van der Waals surface area contributed by atoms with Crippen molar-refractivity contribution in [1.29, 1.82) is 0 Å². The Morgan fingerprint density at radius 1 is 1.25 bits per heavy atom. The molecule has 1 N–H and O–H groups in total. The number of nitrogens with zero attached hydrogens (tertiary/aromatic N) is 1. The largest absolute Gasteiger partial charge is 0.383 e. The fraction of sp³-hybridized carbons (Fsp3) is 0.588. The van der Waals surface area contributed by atoms with Crippen LogP contribution in [0.2, 0.25) is 0 Å². The van der Waals surface area contributed by atoms with Gasteiger partial charge in [0.05, 0.1) is 6.26 Å². The van der Waals surface area contributed by atoms with Crippen LogP contribution in [0.4, 0.5) is 4.79 Å². The third-order valence-electron chi connectivity index (χ3n) is 3.39. The van der Waals surface area contributed by atoms with E-state index in [4.69, 9.17) is 4.18 Å². The second-order valence-electron chi connectivity index (χ2n) is 7.00. The Morgan fingerprint density at radius 2 is 1.79 bits per heavy atom. The van der Waals surface area contributed by atoms with Gasteiger partial charge < -0.3 is 14.4 Å². The number of carbonyl (C=O) groups is 1. The smallest absolute Gasteiger partial charge is 0.318 e. The molecule has 0 spiro atoms. The van der Waals surface area contributed by atoms with Gasteiger partial charge in [-0.15, -0.1) is 0 Å². The molecule has 0 aromatic heterocycles. The third kappa shape index (κ3) is 7.21. The molecule has 0 fully saturated rings. The Kier molecular flexibility index (Phi) is 6.66. The molecule has 136 valence electrons. The lowest BCUT2D eigenvalue weighted by Gasteiger charge is -2.32. The minimum absolute atomic E-state index is 0.0827. The van der Waals surface area contributed by atoms with Gasteiger partial charge in [-0.2, -0.15) is 8.42 Å². The van der Waals surface area contributed by atoms with Gasteiger partial charge in [-0.3, -0.25) is 0 Å². The molecule has 0 radical (unpaired) electrons. The highest BCUT2D eigenvalue weighted by Crippen LogP contribution is 2.17. The third-order valence-corrected chi connectivity index (χ3v) is 3.88. The van der Waals surface area contributed by atoms with E-state index < -0.39 is 10.1 Å². The molecule has 0 unspecified atom stereocenters. The van der Waals surface area contributed by atoms with E-state index in [-0.39, 0.29) is 23.4 Å². The maximum absolute atomic E-state index is 12.5. The van der Waals surface area contributed by atoms with Crippen molar-refractivity contribution in [3.05, 3.63) is 29.8 Å². The van der Waals surface area contributed by atoms with Crippen LogP contribution in [0.1, 0.15) is 46.6 Å². The molecule has 1 rings (SSSR count). The summed E-state index contributed by atoms with van der Waals surface area (Å²) in [6.07, 6.45) is 1.84. The lowest BCUT2D eigenvalue weighted by molar-refractivity contribution is 0.165. The predicted molar refractivity (Wildman–Crippen MR) is 95.5 cm³/mol. The van der Waals surface area contributed by atoms with Crippen molar-refractivity contribution >= 4 is 16.1 Å². The number of rotatable bonds is 6. The van der Waals surface area contributed by atoms with Crippen molar-refractivity contribution in [2.24, 2.45) is 0 Å². The minimum Gasteiger partial charge on any atom is -0.383 e. The second-order valence-corrected chi connectivity index (χ2v) is 8.57.